The Balaban J connectivity index is 1.60. The largest absolute Gasteiger partial charge is 0.389 e. The fourth-order valence-electron chi connectivity index (χ4n) is 2.85. The van der Waals surface area contributed by atoms with Crippen LogP contribution in [0.3, 0.4) is 0 Å². The minimum absolute atomic E-state index is 0.0146. The van der Waals surface area contributed by atoms with Crippen molar-refractivity contribution in [1.29, 1.82) is 0 Å². The normalized spacial score (nSPS) is 14.3. The van der Waals surface area contributed by atoms with Crippen molar-refractivity contribution in [3.63, 3.8) is 0 Å². The van der Waals surface area contributed by atoms with E-state index in [4.69, 9.17) is 0 Å². The molecule has 4 rings (SSSR count). The molecule has 0 bridgehead atoms. The standard InChI is InChI=1S/C16H15N3O2S/c20-9-15-18-12-5-6-19(8-14(12)22-15)16(21)13-7-10-3-1-2-4-11(10)17-13/h1-4,7,17,20H,5-6,8-9H2. The van der Waals surface area contributed by atoms with Crippen molar-refractivity contribution in [1.82, 2.24) is 14.9 Å². The second-order valence-corrected chi connectivity index (χ2v) is 6.55. The Hall–Kier alpha value is -2.18. The second kappa shape index (κ2) is 5.23. The number of hydrogen-bond acceptors (Lipinski definition) is 4. The molecule has 6 heteroatoms. The van der Waals surface area contributed by atoms with Crippen molar-refractivity contribution < 1.29 is 9.90 Å². The molecule has 3 heterocycles. The third-order valence-corrected chi connectivity index (χ3v) is 5.03. The van der Waals surface area contributed by atoms with Gasteiger partial charge in [0.05, 0.1) is 18.8 Å². The summed E-state index contributed by atoms with van der Waals surface area (Å²) in [6.45, 7) is 1.20. The average molecular weight is 313 g/mol. The molecule has 112 valence electrons. The maximum absolute atomic E-state index is 12.7. The lowest BCUT2D eigenvalue weighted by Crippen LogP contribution is -2.35. The fraction of sp³-hybridized carbons (Fsp3) is 0.250. The van der Waals surface area contributed by atoms with E-state index in [-0.39, 0.29) is 12.5 Å². The monoisotopic (exact) mass is 313 g/mol. The lowest BCUT2D eigenvalue weighted by molar-refractivity contribution is 0.0731. The highest BCUT2D eigenvalue weighted by Crippen LogP contribution is 2.26. The van der Waals surface area contributed by atoms with E-state index < -0.39 is 0 Å². The number of para-hydroxylation sites is 1. The zero-order chi connectivity index (χ0) is 15.1. The molecule has 0 radical (unpaired) electrons. The topological polar surface area (TPSA) is 69.2 Å². The van der Waals surface area contributed by atoms with E-state index in [0.29, 0.717) is 18.8 Å². The van der Waals surface area contributed by atoms with Gasteiger partial charge >= 0.3 is 0 Å². The highest BCUT2D eigenvalue weighted by molar-refractivity contribution is 7.11. The first-order valence-corrected chi connectivity index (χ1v) is 8.01. The highest BCUT2D eigenvalue weighted by Gasteiger charge is 2.25. The molecule has 0 fully saturated rings. The van der Waals surface area contributed by atoms with Gasteiger partial charge in [0.15, 0.2) is 0 Å². The number of nitrogens with zero attached hydrogens (tertiary/aromatic N) is 2. The number of aromatic nitrogens is 2. The number of aromatic amines is 1. The number of aliphatic hydroxyl groups is 1. The molecule has 0 saturated carbocycles. The number of benzene rings is 1. The van der Waals surface area contributed by atoms with Gasteiger partial charge in [-0.2, -0.15) is 0 Å². The van der Waals surface area contributed by atoms with E-state index in [2.05, 4.69) is 9.97 Å². The second-order valence-electron chi connectivity index (χ2n) is 5.38. The minimum atomic E-state index is -0.0341. The van der Waals surface area contributed by atoms with Crippen LogP contribution in [0.1, 0.15) is 26.1 Å². The summed E-state index contributed by atoms with van der Waals surface area (Å²) >= 11 is 1.49. The number of nitrogens with one attached hydrogen (secondary N) is 1. The van der Waals surface area contributed by atoms with Crippen LogP contribution < -0.4 is 0 Å². The molecular formula is C16H15N3O2S. The van der Waals surface area contributed by atoms with Gasteiger partial charge in [-0.25, -0.2) is 4.98 Å². The fourth-order valence-corrected chi connectivity index (χ4v) is 3.84. The third kappa shape index (κ3) is 2.20. The number of aliphatic hydroxyl groups excluding tert-OH is 1. The van der Waals surface area contributed by atoms with Crippen LogP contribution in [0.5, 0.6) is 0 Å². The Morgan fingerprint density at radius 1 is 1.41 bits per heavy atom. The van der Waals surface area contributed by atoms with E-state index in [0.717, 1.165) is 32.9 Å². The van der Waals surface area contributed by atoms with E-state index >= 15 is 0 Å². The smallest absolute Gasteiger partial charge is 0.270 e. The summed E-state index contributed by atoms with van der Waals surface area (Å²) in [5, 5.41) is 11.0. The summed E-state index contributed by atoms with van der Waals surface area (Å²) in [5.74, 6) is 0.0146. The maximum Gasteiger partial charge on any atom is 0.270 e. The first-order chi connectivity index (χ1) is 10.7. The number of carbonyl (C=O) groups is 1. The average Bonchev–Trinajstić information content (AvgIpc) is 3.16. The summed E-state index contributed by atoms with van der Waals surface area (Å²) in [6.07, 6.45) is 0.748. The molecule has 2 aromatic heterocycles. The van der Waals surface area contributed by atoms with Gasteiger partial charge in [0.2, 0.25) is 0 Å². The molecule has 0 aliphatic carbocycles. The molecule has 5 nitrogen and oxygen atoms in total. The molecule has 0 unspecified atom stereocenters. The Morgan fingerprint density at radius 2 is 2.27 bits per heavy atom. The number of rotatable bonds is 2. The zero-order valence-electron chi connectivity index (χ0n) is 11.9. The highest BCUT2D eigenvalue weighted by atomic mass is 32.1. The first-order valence-electron chi connectivity index (χ1n) is 7.20. The molecule has 1 aliphatic rings. The number of thiazole rings is 1. The maximum atomic E-state index is 12.7. The van der Waals surface area contributed by atoms with Crippen molar-refractivity contribution in [2.24, 2.45) is 0 Å². The van der Waals surface area contributed by atoms with Gasteiger partial charge in [-0.1, -0.05) is 18.2 Å². The zero-order valence-corrected chi connectivity index (χ0v) is 12.7. The SMILES string of the molecule is O=C(c1cc2ccccc2[nH]1)N1CCc2nc(CO)sc2C1. The number of amides is 1. The van der Waals surface area contributed by atoms with Crippen LogP contribution in [0.15, 0.2) is 30.3 Å². The van der Waals surface area contributed by atoms with Crippen molar-refractivity contribution in [2.45, 2.75) is 19.6 Å². The Bertz CT molecular complexity index is 819. The van der Waals surface area contributed by atoms with Gasteiger partial charge in [-0.15, -0.1) is 11.3 Å². The molecule has 22 heavy (non-hydrogen) atoms. The quantitative estimate of drug-likeness (QED) is 0.763. The molecule has 1 amide bonds. The molecule has 0 atom stereocenters. The first kappa shape index (κ1) is 13.5. The lowest BCUT2D eigenvalue weighted by atomic mass is 10.1. The summed E-state index contributed by atoms with van der Waals surface area (Å²) in [4.78, 5) is 23.2. The molecule has 2 N–H and O–H groups in total. The number of fused-ring (bicyclic) bond motifs is 2. The van der Waals surface area contributed by atoms with E-state index in [1.54, 1.807) is 0 Å². The van der Waals surface area contributed by atoms with Crippen LogP contribution >= 0.6 is 11.3 Å². The van der Waals surface area contributed by atoms with Gasteiger partial charge in [-0.3, -0.25) is 4.79 Å². The van der Waals surface area contributed by atoms with Gasteiger partial charge < -0.3 is 15.0 Å². The molecule has 1 aromatic carbocycles. The Labute approximate surface area is 131 Å². The summed E-state index contributed by atoms with van der Waals surface area (Å²) in [5.41, 5.74) is 2.62. The summed E-state index contributed by atoms with van der Waals surface area (Å²) in [7, 11) is 0. The Kier molecular flexibility index (Phi) is 3.20. The van der Waals surface area contributed by atoms with Gasteiger partial charge in [0, 0.05) is 28.7 Å². The number of hydrogen-bond donors (Lipinski definition) is 2. The van der Waals surface area contributed by atoms with Gasteiger partial charge in [0.25, 0.3) is 5.91 Å². The summed E-state index contributed by atoms with van der Waals surface area (Å²) < 4.78 is 0. The van der Waals surface area contributed by atoms with Crippen molar-refractivity contribution in [3.05, 3.63) is 51.6 Å². The molecule has 1 aliphatic heterocycles. The predicted octanol–water partition coefficient (Wildman–Crippen LogP) is 2.32. The minimum Gasteiger partial charge on any atom is -0.389 e. The van der Waals surface area contributed by atoms with Crippen molar-refractivity contribution in [2.75, 3.05) is 6.54 Å². The predicted molar refractivity (Wildman–Crippen MR) is 84.8 cm³/mol. The van der Waals surface area contributed by atoms with E-state index in [9.17, 15) is 9.90 Å². The van der Waals surface area contributed by atoms with Gasteiger partial charge in [0.1, 0.15) is 10.7 Å². The number of H-pyrrole nitrogens is 1. The molecule has 0 saturated heterocycles. The van der Waals surface area contributed by atoms with Gasteiger partial charge in [-0.05, 0) is 12.1 Å². The molecule has 3 aromatic rings. The van der Waals surface area contributed by atoms with Crippen LogP contribution in [0.25, 0.3) is 10.9 Å². The summed E-state index contributed by atoms with van der Waals surface area (Å²) in [6, 6.07) is 9.78. The van der Waals surface area contributed by atoms with Crippen LogP contribution in [-0.4, -0.2) is 32.4 Å². The van der Waals surface area contributed by atoms with Crippen LogP contribution in [0.2, 0.25) is 0 Å². The lowest BCUT2D eigenvalue weighted by Gasteiger charge is -2.25. The van der Waals surface area contributed by atoms with E-state index in [1.165, 1.54) is 11.3 Å². The third-order valence-electron chi connectivity index (χ3n) is 3.96. The Morgan fingerprint density at radius 3 is 3.09 bits per heavy atom. The van der Waals surface area contributed by atoms with E-state index in [1.807, 2.05) is 35.2 Å². The molecule has 0 spiro atoms. The van der Waals surface area contributed by atoms with Crippen molar-refractivity contribution >= 4 is 28.1 Å². The van der Waals surface area contributed by atoms with Crippen LogP contribution in [0, 0.1) is 0 Å². The number of carbonyl (C=O) groups excluding carboxylic acids is 1. The van der Waals surface area contributed by atoms with Crippen molar-refractivity contribution in [3.8, 4) is 0 Å². The van der Waals surface area contributed by atoms with Crippen LogP contribution in [-0.2, 0) is 19.6 Å². The van der Waals surface area contributed by atoms with Crippen LogP contribution in [0.4, 0.5) is 0 Å². The molecular weight excluding hydrogens is 298 g/mol.